The zero-order chi connectivity index (χ0) is 15.2. The predicted octanol–water partition coefficient (Wildman–Crippen LogP) is 0.442. The molecule has 0 saturated heterocycles. The first-order valence-electron chi connectivity index (χ1n) is 5.70. The largest absolute Gasteiger partial charge is 0.291 e. The van der Waals surface area contributed by atoms with Crippen LogP contribution in [0, 0.1) is 10.1 Å². The molecule has 0 bridgehead atoms. The van der Waals surface area contributed by atoms with Crippen LogP contribution < -0.4 is 11.0 Å². The van der Waals surface area contributed by atoms with Crippen LogP contribution in [0.4, 0.5) is 5.69 Å². The molecule has 2 aromatic rings. The Balaban J connectivity index is 1.98. The fourth-order valence-electron chi connectivity index (χ4n) is 1.38. The van der Waals surface area contributed by atoms with Crippen LogP contribution in [0.5, 0.6) is 0 Å². The van der Waals surface area contributed by atoms with Crippen LogP contribution in [0.2, 0.25) is 0 Å². The molecule has 1 aromatic carbocycles. The van der Waals surface area contributed by atoms with Gasteiger partial charge in [-0.25, -0.2) is 10.5 Å². The van der Waals surface area contributed by atoms with Crippen molar-refractivity contribution >= 4 is 17.8 Å². The number of aromatic nitrogens is 2. The molecule has 0 spiro atoms. The van der Waals surface area contributed by atoms with E-state index >= 15 is 0 Å². The Labute approximate surface area is 117 Å². The Morgan fingerprint density at radius 3 is 2.57 bits per heavy atom. The average Bonchev–Trinajstić information content (AvgIpc) is 2.48. The number of hydrogen-bond donors (Lipinski definition) is 2. The second kappa shape index (κ2) is 6.19. The lowest BCUT2D eigenvalue weighted by molar-refractivity contribution is -0.384. The summed E-state index contributed by atoms with van der Waals surface area (Å²) in [7, 11) is 0. The van der Waals surface area contributed by atoms with Gasteiger partial charge in [-0.15, -0.1) is 0 Å². The van der Waals surface area contributed by atoms with E-state index in [1.807, 2.05) is 0 Å². The molecule has 9 nitrogen and oxygen atoms in total. The number of aromatic amines is 1. The minimum atomic E-state index is -0.593. The summed E-state index contributed by atoms with van der Waals surface area (Å²) in [5, 5.41) is 19.8. The standard InChI is InChI=1S/C12H9N5O4/c18-11-6-5-10(14-15-11)12(19)16-13-7-8-1-3-9(4-2-8)17(20)21/h1-7H,(H,15,18)(H,16,19). The molecule has 1 aromatic heterocycles. The van der Waals surface area contributed by atoms with E-state index in [9.17, 15) is 19.7 Å². The summed E-state index contributed by atoms with van der Waals surface area (Å²) >= 11 is 0. The molecule has 0 fully saturated rings. The lowest BCUT2D eigenvalue weighted by Crippen LogP contribution is -2.21. The fourth-order valence-corrected chi connectivity index (χ4v) is 1.38. The Morgan fingerprint density at radius 2 is 2.00 bits per heavy atom. The maximum absolute atomic E-state index is 11.6. The van der Waals surface area contributed by atoms with Crippen LogP contribution in [0.3, 0.4) is 0 Å². The van der Waals surface area contributed by atoms with Gasteiger partial charge in [0.25, 0.3) is 17.2 Å². The fraction of sp³-hybridized carbons (Fsp3) is 0. The molecule has 0 atom stereocenters. The van der Waals surface area contributed by atoms with E-state index in [0.717, 1.165) is 0 Å². The number of H-pyrrole nitrogens is 1. The van der Waals surface area contributed by atoms with Crippen molar-refractivity contribution in [3.05, 3.63) is 68.1 Å². The Bertz CT molecular complexity index is 730. The summed E-state index contributed by atoms with van der Waals surface area (Å²) in [6.45, 7) is 0. The molecule has 1 amide bonds. The van der Waals surface area contributed by atoms with Gasteiger partial charge in [0, 0.05) is 18.2 Å². The second-order valence-electron chi connectivity index (χ2n) is 3.85. The lowest BCUT2D eigenvalue weighted by Gasteiger charge is -1.97. The van der Waals surface area contributed by atoms with Crippen LogP contribution >= 0.6 is 0 Å². The number of carbonyl (C=O) groups is 1. The SMILES string of the molecule is O=C(NN=Cc1ccc([N+](=O)[O-])cc1)c1ccc(=O)[nH]n1. The molecule has 2 rings (SSSR count). The highest BCUT2D eigenvalue weighted by molar-refractivity contribution is 5.92. The topological polar surface area (TPSA) is 130 Å². The number of amides is 1. The summed E-state index contributed by atoms with van der Waals surface area (Å²) in [6, 6.07) is 8.06. The molecule has 0 aliphatic rings. The Morgan fingerprint density at radius 1 is 1.29 bits per heavy atom. The smallest absolute Gasteiger partial charge is 0.268 e. The normalized spacial score (nSPS) is 10.5. The van der Waals surface area contributed by atoms with E-state index in [1.54, 1.807) is 0 Å². The van der Waals surface area contributed by atoms with Crippen molar-refractivity contribution in [2.75, 3.05) is 0 Å². The van der Waals surface area contributed by atoms with Gasteiger partial charge in [-0.1, -0.05) is 0 Å². The van der Waals surface area contributed by atoms with Crippen molar-refractivity contribution in [2.24, 2.45) is 5.10 Å². The molecular formula is C12H9N5O4. The number of hydrazone groups is 1. The summed E-state index contributed by atoms with van der Waals surface area (Å²) in [4.78, 5) is 32.4. The summed E-state index contributed by atoms with van der Waals surface area (Å²) in [6.07, 6.45) is 1.33. The van der Waals surface area contributed by atoms with Gasteiger partial charge >= 0.3 is 0 Å². The molecule has 106 valence electrons. The molecule has 0 saturated carbocycles. The molecular weight excluding hydrogens is 278 g/mol. The van der Waals surface area contributed by atoms with Gasteiger partial charge in [0.05, 0.1) is 11.1 Å². The number of nitro groups is 1. The first-order valence-corrected chi connectivity index (χ1v) is 5.70. The zero-order valence-corrected chi connectivity index (χ0v) is 10.5. The number of nitrogens with zero attached hydrogens (tertiary/aromatic N) is 3. The van der Waals surface area contributed by atoms with Crippen molar-refractivity contribution < 1.29 is 9.72 Å². The highest BCUT2D eigenvalue weighted by Crippen LogP contribution is 2.10. The van der Waals surface area contributed by atoms with Crippen LogP contribution in [0.1, 0.15) is 16.1 Å². The van der Waals surface area contributed by atoms with E-state index in [0.29, 0.717) is 5.56 Å². The highest BCUT2D eigenvalue weighted by Gasteiger charge is 2.05. The highest BCUT2D eigenvalue weighted by atomic mass is 16.6. The van der Waals surface area contributed by atoms with E-state index < -0.39 is 16.4 Å². The molecule has 0 radical (unpaired) electrons. The van der Waals surface area contributed by atoms with Crippen molar-refractivity contribution in [3.8, 4) is 0 Å². The number of benzene rings is 1. The molecule has 9 heteroatoms. The molecule has 1 heterocycles. The molecule has 2 N–H and O–H groups in total. The summed E-state index contributed by atoms with van der Waals surface area (Å²) in [5.74, 6) is -0.593. The lowest BCUT2D eigenvalue weighted by atomic mass is 10.2. The molecule has 21 heavy (non-hydrogen) atoms. The van der Waals surface area contributed by atoms with Crippen LogP contribution in [0.25, 0.3) is 0 Å². The third-order valence-corrected chi connectivity index (χ3v) is 2.40. The summed E-state index contributed by atoms with van der Waals surface area (Å²) < 4.78 is 0. The Hall–Kier alpha value is -3.36. The molecule has 0 aliphatic heterocycles. The van der Waals surface area contributed by atoms with Crippen LogP contribution in [-0.4, -0.2) is 27.2 Å². The molecule has 0 aliphatic carbocycles. The minimum absolute atomic E-state index is 0.00968. The van der Waals surface area contributed by atoms with Gasteiger partial charge in [0.1, 0.15) is 0 Å². The van der Waals surface area contributed by atoms with Gasteiger partial charge in [0.2, 0.25) is 0 Å². The van der Waals surface area contributed by atoms with Gasteiger partial charge in [0.15, 0.2) is 5.69 Å². The van der Waals surface area contributed by atoms with Gasteiger partial charge in [-0.05, 0) is 23.8 Å². The number of rotatable bonds is 4. The number of hydrogen-bond acceptors (Lipinski definition) is 6. The van der Waals surface area contributed by atoms with Crippen LogP contribution in [0.15, 0.2) is 46.3 Å². The van der Waals surface area contributed by atoms with Gasteiger partial charge in [-0.2, -0.15) is 10.2 Å². The third-order valence-electron chi connectivity index (χ3n) is 2.40. The third kappa shape index (κ3) is 3.80. The maximum atomic E-state index is 11.6. The van der Waals surface area contributed by atoms with Crippen LogP contribution in [-0.2, 0) is 0 Å². The number of carbonyl (C=O) groups excluding carboxylic acids is 1. The van der Waals surface area contributed by atoms with E-state index in [1.165, 1.54) is 42.6 Å². The quantitative estimate of drug-likeness (QED) is 0.478. The van der Waals surface area contributed by atoms with Crippen molar-refractivity contribution in [1.82, 2.24) is 15.6 Å². The second-order valence-corrected chi connectivity index (χ2v) is 3.85. The Kier molecular flexibility index (Phi) is 4.14. The number of non-ortho nitro benzene ring substituents is 1. The average molecular weight is 287 g/mol. The predicted molar refractivity (Wildman–Crippen MR) is 73.0 cm³/mol. The summed E-state index contributed by atoms with van der Waals surface area (Å²) in [5.41, 5.74) is 2.36. The van der Waals surface area contributed by atoms with E-state index in [4.69, 9.17) is 0 Å². The number of nitrogens with one attached hydrogen (secondary N) is 2. The maximum Gasteiger partial charge on any atom is 0.291 e. The minimum Gasteiger partial charge on any atom is -0.268 e. The van der Waals surface area contributed by atoms with Crippen molar-refractivity contribution in [3.63, 3.8) is 0 Å². The first kappa shape index (κ1) is 14.1. The molecule has 0 unspecified atom stereocenters. The van der Waals surface area contributed by atoms with E-state index in [-0.39, 0.29) is 11.4 Å². The monoisotopic (exact) mass is 287 g/mol. The van der Waals surface area contributed by atoms with Crippen molar-refractivity contribution in [2.45, 2.75) is 0 Å². The van der Waals surface area contributed by atoms with E-state index in [2.05, 4.69) is 20.7 Å². The van der Waals surface area contributed by atoms with Crippen molar-refractivity contribution in [1.29, 1.82) is 0 Å². The van der Waals surface area contributed by atoms with Gasteiger partial charge < -0.3 is 0 Å². The number of nitro benzene ring substituents is 1. The van der Waals surface area contributed by atoms with Gasteiger partial charge in [-0.3, -0.25) is 19.7 Å². The first-order chi connectivity index (χ1) is 10.1. The zero-order valence-electron chi connectivity index (χ0n) is 10.5.